The van der Waals surface area contributed by atoms with Gasteiger partial charge in [0.15, 0.2) is 0 Å². The smallest absolute Gasteiger partial charge is 0.256 e. The minimum Gasteiger partial charge on any atom is -0.443 e. The molecule has 0 saturated carbocycles. The van der Waals surface area contributed by atoms with E-state index in [1.165, 1.54) is 5.56 Å². The van der Waals surface area contributed by atoms with Gasteiger partial charge in [0.25, 0.3) is 5.91 Å². The van der Waals surface area contributed by atoms with Crippen molar-refractivity contribution >= 4 is 5.91 Å². The van der Waals surface area contributed by atoms with Gasteiger partial charge in [0.1, 0.15) is 23.0 Å². The minimum atomic E-state index is -0.298. The number of amides is 1. The van der Waals surface area contributed by atoms with Crippen LogP contribution in [0.15, 0.2) is 53.2 Å². The van der Waals surface area contributed by atoms with Crippen molar-refractivity contribution in [1.82, 2.24) is 9.88 Å². The first-order chi connectivity index (χ1) is 12.5. The van der Waals surface area contributed by atoms with Gasteiger partial charge < -0.3 is 9.73 Å². The van der Waals surface area contributed by atoms with Crippen LogP contribution in [-0.2, 0) is 0 Å². The van der Waals surface area contributed by atoms with E-state index in [0.717, 1.165) is 12.0 Å². The molecule has 3 aromatic rings. The Morgan fingerprint density at radius 3 is 2.46 bits per heavy atom. The number of carbonyl (C=O) groups excluding carboxylic acids is 1. The molecule has 5 heteroatoms. The topological polar surface area (TPSA) is 71.0 Å². The van der Waals surface area contributed by atoms with Gasteiger partial charge in [-0.1, -0.05) is 36.8 Å². The van der Waals surface area contributed by atoms with Gasteiger partial charge in [-0.3, -0.25) is 9.36 Å². The Labute approximate surface area is 152 Å². The number of hydrogen-bond acceptors (Lipinski definition) is 3. The maximum absolute atomic E-state index is 12.9. The fourth-order valence-corrected chi connectivity index (χ4v) is 3.01. The summed E-state index contributed by atoms with van der Waals surface area (Å²) in [5.41, 5.74) is 2.75. The van der Waals surface area contributed by atoms with Crippen LogP contribution in [0.3, 0.4) is 0 Å². The summed E-state index contributed by atoms with van der Waals surface area (Å²) in [6.07, 6.45) is 4.31. The molecule has 0 bridgehead atoms. The highest BCUT2D eigenvalue weighted by atomic mass is 16.4. The van der Waals surface area contributed by atoms with Crippen molar-refractivity contribution in [2.24, 2.45) is 0 Å². The van der Waals surface area contributed by atoms with Gasteiger partial charge in [0.2, 0.25) is 5.88 Å². The van der Waals surface area contributed by atoms with Crippen molar-refractivity contribution in [3.63, 3.8) is 0 Å². The second kappa shape index (κ2) is 7.32. The summed E-state index contributed by atoms with van der Waals surface area (Å²) in [5, 5.41) is 12.6. The Bertz CT molecular complexity index is 945. The van der Waals surface area contributed by atoms with Gasteiger partial charge in [-0.25, -0.2) is 0 Å². The van der Waals surface area contributed by atoms with Crippen LogP contribution in [0.2, 0.25) is 0 Å². The average Bonchev–Trinajstić information content (AvgIpc) is 3.27. The Balaban J connectivity index is 1.92. The molecule has 1 amide bonds. The first-order valence-corrected chi connectivity index (χ1v) is 8.59. The average molecular weight is 347 g/mol. The summed E-state index contributed by atoms with van der Waals surface area (Å²) < 4.78 is 7.41. The number of nitriles is 1. The second-order valence-electron chi connectivity index (χ2n) is 6.26. The fraction of sp³-hybridized carbons (Fsp3) is 0.238. The van der Waals surface area contributed by atoms with Gasteiger partial charge >= 0.3 is 0 Å². The van der Waals surface area contributed by atoms with Crippen molar-refractivity contribution in [2.45, 2.75) is 33.2 Å². The lowest BCUT2D eigenvalue weighted by Gasteiger charge is -2.17. The standard InChI is InChI=1S/C21H21N3O2/c1-4-18(16-9-7-14(2)8-10-16)23-20(25)19-15(3)26-21(17(19)13-22)24-11-5-6-12-24/h5-12,18H,4H2,1-3H3,(H,23,25)/t18-/m0/s1. The van der Waals surface area contributed by atoms with E-state index in [1.807, 2.05) is 50.2 Å². The molecule has 26 heavy (non-hydrogen) atoms. The number of rotatable bonds is 5. The van der Waals surface area contributed by atoms with Gasteiger partial charge in [0, 0.05) is 12.4 Å². The molecule has 2 aromatic heterocycles. The summed E-state index contributed by atoms with van der Waals surface area (Å²) in [7, 11) is 0. The highest BCUT2D eigenvalue weighted by Crippen LogP contribution is 2.26. The zero-order chi connectivity index (χ0) is 18.7. The van der Waals surface area contributed by atoms with Crippen LogP contribution >= 0.6 is 0 Å². The van der Waals surface area contributed by atoms with E-state index in [0.29, 0.717) is 17.2 Å². The molecule has 0 aliphatic rings. The van der Waals surface area contributed by atoms with Crippen LogP contribution in [0.25, 0.3) is 5.88 Å². The zero-order valence-electron chi connectivity index (χ0n) is 15.1. The fourth-order valence-electron chi connectivity index (χ4n) is 3.01. The lowest BCUT2D eigenvalue weighted by Crippen LogP contribution is -2.29. The molecule has 1 N–H and O–H groups in total. The minimum absolute atomic E-state index is 0.126. The summed E-state index contributed by atoms with van der Waals surface area (Å²) in [6.45, 7) is 5.75. The van der Waals surface area contributed by atoms with E-state index < -0.39 is 0 Å². The van der Waals surface area contributed by atoms with E-state index in [4.69, 9.17) is 4.42 Å². The second-order valence-corrected chi connectivity index (χ2v) is 6.26. The van der Waals surface area contributed by atoms with Gasteiger partial charge in [-0.2, -0.15) is 5.26 Å². The van der Waals surface area contributed by atoms with Crippen LogP contribution in [0.1, 0.15) is 52.2 Å². The predicted octanol–water partition coefficient (Wildman–Crippen LogP) is 4.44. The van der Waals surface area contributed by atoms with E-state index in [1.54, 1.807) is 23.9 Å². The van der Waals surface area contributed by atoms with Gasteiger partial charge in [0.05, 0.1) is 6.04 Å². The summed E-state index contributed by atoms with van der Waals surface area (Å²) in [4.78, 5) is 12.9. The Morgan fingerprint density at radius 2 is 1.88 bits per heavy atom. The van der Waals surface area contributed by atoms with Crippen molar-refractivity contribution in [3.05, 3.63) is 76.8 Å². The largest absolute Gasteiger partial charge is 0.443 e. The molecule has 0 radical (unpaired) electrons. The Morgan fingerprint density at radius 1 is 1.23 bits per heavy atom. The van der Waals surface area contributed by atoms with E-state index >= 15 is 0 Å². The lowest BCUT2D eigenvalue weighted by molar-refractivity contribution is 0.0934. The molecule has 0 unspecified atom stereocenters. The molecule has 0 spiro atoms. The maximum atomic E-state index is 12.9. The zero-order valence-corrected chi connectivity index (χ0v) is 15.1. The van der Waals surface area contributed by atoms with E-state index in [9.17, 15) is 10.1 Å². The first kappa shape index (κ1) is 17.6. The SMILES string of the molecule is CC[C@H](NC(=O)c1c(C)oc(-n2cccc2)c1C#N)c1ccc(C)cc1. The summed E-state index contributed by atoms with van der Waals surface area (Å²) in [6, 6.07) is 13.7. The molecule has 0 saturated heterocycles. The molecule has 2 heterocycles. The molecule has 0 fully saturated rings. The van der Waals surface area contributed by atoms with Gasteiger partial charge in [-0.15, -0.1) is 0 Å². The number of aryl methyl sites for hydroxylation is 2. The summed E-state index contributed by atoms with van der Waals surface area (Å²) >= 11 is 0. The van der Waals surface area contributed by atoms with E-state index in [-0.39, 0.29) is 17.5 Å². The molecular weight excluding hydrogens is 326 g/mol. The number of hydrogen-bond donors (Lipinski definition) is 1. The molecule has 132 valence electrons. The number of carbonyl (C=O) groups is 1. The Hall–Kier alpha value is -3.26. The van der Waals surface area contributed by atoms with Crippen LogP contribution in [-0.4, -0.2) is 10.5 Å². The van der Waals surface area contributed by atoms with Crippen LogP contribution in [0, 0.1) is 25.2 Å². The highest BCUT2D eigenvalue weighted by molar-refractivity contribution is 5.98. The molecule has 5 nitrogen and oxygen atoms in total. The number of aromatic nitrogens is 1. The lowest BCUT2D eigenvalue weighted by atomic mass is 10.0. The van der Waals surface area contributed by atoms with E-state index in [2.05, 4.69) is 11.4 Å². The van der Waals surface area contributed by atoms with Crippen molar-refractivity contribution in [3.8, 4) is 12.0 Å². The third-order valence-electron chi connectivity index (χ3n) is 4.44. The first-order valence-electron chi connectivity index (χ1n) is 8.59. The number of benzene rings is 1. The predicted molar refractivity (Wildman–Crippen MR) is 99.2 cm³/mol. The monoisotopic (exact) mass is 347 g/mol. The van der Waals surface area contributed by atoms with Gasteiger partial charge in [-0.05, 0) is 38.0 Å². The molecule has 0 aliphatic carbocycles. The third-order valence-corrected chi connectivity index (χ3v) is 4.44. The summed E-state index contributed by atoms with van der Waals surface area (Å²) in [5.74, 6) is 0.499. The van der Waals surface area contributed by atoms with Crippen molar-refractivity contribution < 1.29 is 9.21 Å². The molecular formula is C21H21N3O2. The molecule has 1 atom stereocenters. The van der Waals surface area contributed by atoms with Crippen LogP contribution in [0.5, 0.6) is 0 Å². The number of nitrogens with zero attached hydrogens (tertiary/aromatic N) is 2. The molecule has 0 aliphatic heterocycles. The highest BCUT2D eigenvalue weighted by Gasteiger charge is 2.26. The number of furan rings is 1. The Kier molecular flexibility index (Phi) is 4.94. The molecule has 1 aromatic carbocycles. The normalized spacial score (nSPS) is 11.8. The molecule has 3 rings (SSSR count). The van der Waals surface area contributed by atoms with Crippen LogP contribution in [0.4, 0.5) is 0 Å². The maximum Gasteiger partial charge on any atom is 0.256 e. The quantitative estimate of drug-likeness (QED) is 0.742. The number of nitrogens with one attached hydrogen (secondary N) is 1. The van der Waals surface area contributed by atoms with Crippen LogP contribution < -0.4 is 5.32 Å². The van der Waals surface area contributed by atoms with Crippen molar-refractivity contribution in [1.29, 1.82) is 5.26 Å². The van der Waals surface area contributed by atoms with Crippen molar-refractivity contribution in [2.75, 3.05) is 0 Å². The third kappa shape index (κ3) is 3.27.